The Hall–Kier alpha value is -1.33. The largest absolute Gasteiger partial charge is 0.398 e. The van der Waals surface area contributed by atoms with Crippen LogP contribution in [-0.4, -0.2) is 15.0 Å². The van der Waals surface area contributed by atoms with Crippen molar-refractivity contribution in [1.82, 2.24) is 4.72 Å². The van der Waals surface area contributed by atoms with E-state index in [9.17, 15) is 8.42 Å². The Bertz CT molecular complexity index is 613. The van der Waals surface area contributed by atoms with Gasteiger partial charge in [-0.1, -0.05) is 17.7 Å². The molecule has 0 bridgehead atoms. The molecule has 0 saturated heterocycles. The molecule has 0 unspecified atom stereocenters. The summed E-state index contributed by atoms with van der Waals surface area (Å²) in [6, 6.07) is 1.80. The minimum Gasteiger partial charge on any atom is -0.398 e. The third-order valence-corrected chi connectivity index (χ3v) is 4.73. The van der Waals surface area contributed by atoms with Crippen molar-refractivity contribution < 1.29 is 8.42 Å². The van der Waals surface area contributed by atoms with Gasteiger partial charge in [-0.25, -0.2) is 13.1 Å². The molecule has 0 spiro atoms. The van der Waals surface area contributed by atoms with Gasteiger partial charge in [-0.15, -0.1) is 0 Å². The van der Waals surface area contributed by atoms with Gasteiger partial charge in [-0.2, -0.15) is 0 Å². The SMILES string of the molecule is CC(C)=CCNS(=O)(=O)c1c(C)cc(C)c(N)c1C. The van der Waals surface area contributed by atoms with Crippen LogP contribution in [0.2, 0.25) is 0 Å². The van der Waals surface area contributed by atoms with E-state index in [-0.39, 0.29) is 11.4 Å². The van der Waals surface area contributed by atoms with Crippen LogP contribution in [0.1, 0.15) is 30.5 Å². The van der Waals surface area contributed by atoms with Gasteiger partial charge in [0.2, 0.25) is 10.0 Å². The number of aryl methyl sites for hydroxylation is 2. The molecule has 0 fully saturated rings. The molecule has 3 N–H and O–H groups in total. The number of anilines is 1. The number of rotatable bonds is 4. The smallest absolute Gasteiger partial charge is 0.241 e. The first-order valence-electron chi connectivity index (χ1n) is 6.16. The first-order valence-corrected chi connectivity index (χ1v) is 7.64. The van der Waals surface area contributed by atoms with E-state index in [1.807, 2.05) is 26.8 Å². The molecule has 0 aliphatic carbocycles. The molecule has 5 heteroatoms. The van der Waals surface area contributed by atoms with Gasteiger partial charge in [0.1, 0.15) is 0 Å². The fourth-order valence-electron chi connectivity index (χ4n) is 2.02. The Morgan fingerprint density at radius 3 is 2.37 bits per heavy atom. The second kappa shape index (κ2) is 5.75. The van der Waals surface area contributed by atoms with E-state index in [1.54, 1.807) is 19.9 Å². The number of hydrogen-bond acceptors (Lipinski definition) is 3. The second-order valence-electron chi connectivity index (χ2n) is 5.01. The zero-order valence-corrected chi connectivity index (χ0v) is 13.0. The van der Waals surface area contributed by atoms with Crippen LogP contribution in [0.4, 0.5) is 5.69 Å². The number of hydrogen-bond donors (Lipinski definition) is 2. The van der Waals surface area contributed by atoms with Crippen molar-refractivity contribution in [2.24, 2.45) is 0 Å². The summed E-state index contributed by atoms with van der Waals surface area (Å²) in [6.45, 7) is 9.54. The van der Waals surface area contributed by atoms with Crippen molar-refractivity contribution in [3.63, 3.8) is 0 Å². The van der Waals surface area contributed by atoms with E-state index in [0.29, 0.717) is 16.8 Å². The fraction of sp³-hybridized carbons (Fsp3) is 0.429. The van der Waals surface area contributed by atoms with Crippen LogP contribution >= 0.6 is 0 Å². The molecule has 106 valence electrons. The molecule has 0 aliphatic heterocycles. The average molecular weight is 282 g/mol. The molecule has 1 rings (SSSR count). The van der Waals surface area contributed by atoms with Crippen molar-refractivity contribution in [1.29, 1.82) is 0 Å². The van der Waals surface area contributed by atoms with E-state index in [0.717, 1.165) is 11.1 Å². The molecule has 0 aliphatic rings. The quantitative estimate of drug-likeness (QED) is 0.658. The van der Waals surface area contributed by atoms with E-state index in [2.05, 4.69) is 4.72 Å². The monoisotopic (exact) mass is 282 g/mol. The maximum absolute atomic E-state index is 12.3. The molecule has 0 radical (unpaired) electrons. The first kappa shape index (κ1) is 15.7. The molecule has 0 heterocycles. The standard InChI is InChI=1S/C14H22N2O2S/c1-9(2)6-7-16-19(17,18)14-11(4)8-10(3)13(15)12(14)5/h6,8,16H,7,15H2,1-5H3. The molecular formula is C14H22N2O2S. The fourth-order valence-corrected chi connectivity index (χ4v) is 3.47. The molecule has 0 saturated carbocycles. The van der Waals surface area contributed by atoms with E-state index in [1.165, 1.54) is 0 Å². The lowest BCUT2D eigenvalue weighted by Gasteiger charge is -2.15. The summed E-state index contributed by atoms with van der Waals surface area (Å²) >= 11 is 0. The summed E-state index contributed by atoms with van der Waals surface area (Å²) in [5, 5.41) is 0. The lowest BCUT2D eigenvalue weighted by Crippen LogP contribution is -2.26. The maximum Gasteiger partial charge on any atom is 0.241 e. The molecular weight excluding hydrogens is 260 g/mol. The predicted octanol–water partition coefficient (Wildman–Crippen LogP) is 2.44. The van der Waals surface area contributed by atoms with Crippen LogP contribution in [0, 0.1) is 20.8 Å². The Balaban J connectivity index is 3.23. The third-order valence-electron chi connectivity index (χ3n) is 3.01. The van der Waals surface area contributed by atoms with Crippen LogP contribution in [-0.2, 0) is 10.0 Å². The lowest BCUT2D eigenvalue weighted by molar-refractivity contribution is 0.584. The number of nitrogen functional groups attached to an aromatic ring is 1. The van der Waals surface area contributed by atoms with Gasteiger partial charge >= 0.3 is 0 Å². The molecule has 1 aromatic rings. The van der Waals surface area contributed by atoms with Crippen LogP contribution in [0.5, 0.6) is 0 Å². The van der Waals surface area contributed by atoms with Gasteiger partial charge in [0, 0.05) is 12.2 Å². The summed E-state index contributed by atoms with van der Waals surface area (Å²) in [6.07, 6.45) is 1.83. The number of nitrogens with two attached hydrogens (primary N) is 1. The highest BCUT2D eigenvalue weighted by atomic mass is 32.2. The van der Waals surface area contributed by atoms with Crippen molar-refractivity contribution in [3.05, 3.63) is 34.4 Å². The second-order valence-corrected chi connectivity index (χ2v) is 6.72. The van der Waals surface area contributed by atoms with Crippen LogP contribution < -0.4 is 10.5 Å². The Kier molecular flexibility index (Phi) is 4.76. The van der Waals surface area contributed by atoms with Gasteiger partial charge in [-0.05, 0) is 51.3 Å². The molecule has 0 atom stereocenters. The highest BCUT2D eigenvalue weighted by Crippen LogP contribution is 2.27. The van der Waals surface area contributed by atoms with Gasteiger partial charge in [0.25, 0.3) is 0 Å². The summed E-state index contributed by atoms with van der Waals surface area (Å²) in [5.74, 6) is 0. The highest BCUT2D eigenvalue weighted by Gasteiger charge is 2.21. The van der Waals surface area contributed by atoms with E-state index >= 15 is 0 Å². The molecule has 1 aromatic carbocycles. The van der Waals surface area contributed by atoms with Crippen LogP contribution in [0.25, 0.3) is 0 Å². The van der Waals surface area contributed by atoms with Crippen molar-refractivity contribution in [3.8, 4) is 0 Å². The zero-order chi connectivity index (χ0) is 14.8. The van der Waals surface area contributed by atoms with Crippen molar-refractivity contribution in [2.45, 2.75) is 39.5 Å². The topological polar surface area (TPSA) is 72.2 Å². The minimum atomic E-state index is -3.53. The van der Waals surface area contributed by atoms with Gasteiger partial charge in [0.05, 0.1) is 4.90 Å². The minimum absolute atomic E-state index is 0.289. The first-order chi connectivity index (χ1) is 8.66. The van der Waals surface area contributed by atoms with Crippen LogP contribution in [0.3, 0.4) is 0 Å². The average Bonchev–Trinajstić information content (AvgIpc) is 2.24. The lowest BCUT2D eigenvalue weighted by atomic mass is 10.1. The summed E-state index contributed by atoms with van der Waals surface area (Å²) in [7, 11) is -3.53. The summed E-state index contributed by atoms with van der Waals surface area (Å²) in [5.41, 5.74) is 9.76. The molecule has 4 nitrogen and oxygen atoms in total. The summed E-state index contributed by atoms with van der Waals surface area (Å²) in [4.78, 5) is 0.290. The van der Waals surface area contributed by atoms with Gasteiger partial charge in [-0.3, -0.25) is 0 Å². The number of allylic oxidation sites excluding steroid dienone is 1. The normalized spacial score (nSPS) is 11.4. The molecule has 0 aromatic heterocycles. The van der Waals surface area contributed by atoms with E-state index in [4.69, 9.17) is 5.73 Å². The van der Waals surface area contributed by atoms with Crippen molar-refractivity contribution >= 4 is 15.7 Å². The predicted molar refractivity (Wildman–Crippen MR) is 79.7 cm³/mol. The van der Waals surface area contributed by atoms with Crippen molar-refractivity contribution in [2.75, 3.05) is 12.3 Å². The Labute approximate surface area is 115 Å². The zero-order valence-electron chi connectivity index (χ0n) is 12.2. The molecule has 0 amide bonds. The van der Waals surface area contributed by atoms with E-state index < -0.39 is 10.0 Å². The third kappa shape index (κ3) is 3.58. The number of benzene rings is 1. The Morgan fingerprint density at radius 1 is 1.26 bits per heavy atom. The van der Waals surface area contributed by atoms with Gasteiger partial charge < -0.3 is 5.73 Å². The maximum atomic E-state index is 12.3. The van der Waals surface area contributed by atoms with Crippen LogP contribution in [0.15, 0.2) is 22.6 Å². The highest BCUT2D eigenvalue weighted by molar-refractivity contribution is 7.89. The molecule has 19 heavy (non-hydrogen) atoms. The number of sulfonamides is 1. The Morgan fingerprint density at radius 2 is 1.84 bits per heavy atom. The summed E-state index contributed by atoms with van der Waals surface area (Å²) < 4.78 is 27.2. The van der Waals surface area contributed by atoms with Gasteiger partial charge in [0.15, 0.2) is 0 Å². The number of nitrogens with one attached hydrogen (secondary N) is 1.